The van der Waals surface area contributed by atoms with Crippen LogP contribution in [0.1, 0.15) is 44.2 Å². The molecule has 0 bridgehead atoms. The third kappa shape index (κ3) is 4.56. The smallest absolute Gasteiger partial charge is 0.223 e. The zero-order valence-electron chi connectivity index (χ0n) is 16.9. The van der Waals surface area contributed by atoms with Crippen molar-refractivity contribution in [2.24, 2.45) is 7.05 Å². The van der Waals surface area contributed by atoms with E-state index in [-0.39, 0.29) is 12.1 Å². The van der Waals surface area contributed by atoms with E-state index in [0.717, 1.165) is 42.8 Å². The van der Waals surface area contributed by atoms with Gasteiger partial charge in [0.15, 0.2) is 0 Å². The van der Waals surface area contributed by atoms with Crippen molar-refractivity contribution in [3.8, 4) is 11.3 Å². The van der Waals surface area contributed by atoms with Gasteiger partial charge in [0.1, 0.15) is 5.82 Å². The number of anilines is 2. The number of hydrogen-bond donors (Lipinski definition) is 3. The summed E-state index contributed by atoms with van der Waals surface area (Å²) in [6, 6.07) is 12.7. The fourth-order valence-corrected chi connectivity index (χ4v) is 3.81. The van der Waals surface area contributed by atoms with Crippen LogP contribution in [0.2, 0.25) is 0 Å². The van der Waals surface area contributed by atoms with Crippen molar-refractivity contribution in [2.45, 2.75) is 50.8 Å². The summed E-state index contributed by atoms with van der Waals surface area (Å²) in [7, 11) is 1.93. The van der Waals surface area contributed by atoms with Crippen LogP contribution in [0, 0.1) is 0 Å². The lowest BCUT2D eigenvalue weighted by Gasteiger charge is -2.26. The Morgan fingerprint density at radius 1 is 1.10 bits per heavy atom. The molecule has 0 saturated heterocycles. The summed E-state index contributed by atoms with van der Waals surface area (Å²) < 4.78 is 1.84. The third-order valence-corrected chi connectivity index (χ3v) is 5.55. The normalized spacial score (nSPS) is 20.2. The Bertz CT molecular complexity index is 933. The topological polar surface area (TPSA) is 87.9 Å². The van der Waals surface area contributed by atoms with Crippen LogP contribution in [0.15, 0.2) is 48.8 Å². The van der Waals surface area contributed by atoms with E-state index >= 15 is 0 Å². The Balaban J connectivity index is 1.53. The van der Waals surface area contributed by atoms with Crippen molar-refractivity contribution in [3.63, 3.8) is 0 Å². The zero-order valence-corrected chi connectivity index (χ0v) is 16.9. The van der Waals surface area contributed by atoms with Crippen molar-refractivity contribution in [2.75, 3.05) is 10.6 Å². The number of aryl methyl sites for hydroxylation is 1. The van der Waals surface area contributed by atoms with Crippen LogP contribution in [0.25, 0.3) is 11.3 Å². The van der Waals surface area contributed by atoms with E-state index in [4.69, 9.17) is 4.98 Å². The van der Waals surface area contributed by atoms with Crippen LogP contribution >= 0.6 is 0 Å². The van der Waals surface area contributed by atoms with E-state index in [2.05, 4.69) is 39.8 Å². The van der Waals surface area contributed by atoms with Gasteiger partial charge in [0.05, 0.1) is 23.6 Å². The van der Waals surface area contributed by atoms with Gasteiger partial charge in [-0.25, -0.2) is 9.97 Å². The molecule has 0 spiro atoms. The van der Waals surface area contributed by atoms with Gasteiger partial charge in [-0.3, -0.25) is 4.68 Å². The molecule has 7 nitrogen and oxygen atoms in total. The number of hydrogen-bond acceptors (Lipinski definition) is 6. The first-order valence-electron chi connectivity index (χ1n) is 10.2. The number of aliphatic hydroxyl groups is 1. The average Bonchev–Trinajstić information content (AvgIpc) is 3.11. The van der Waals surface area contributed by atoms with E-state index in [1.165, 1.54) is 5.56 Å². The lowest BCUT2D eigenvalue weighted by Crippen LogP contribution is -2.28. The van der Waals surface area contributed by atoms with Gasteiger partial charge in [-0.2, -0.15) is 5.10 Å². The molecule has 1 aromatic carbocycles. The third-order valence-electron chi connectivity index (χ3n) is 5.55. The van der Waals surface area contributed by atoms with E-state index < -0.39 is 0 Å². The van der Waals surface area contributed by atoms with Crippen LogP contribution < -0.4 is 10.6 Å². The molecule has 1 fully saturated rings. The van der Waals surface area contributed by atoms with E-state index in [1.807, 2.05) is 42.2 Å². The number of nitrogens with one attached hydrogen (secondary N) is 2. The van der Waals surface area contributed by atoms with Gasteiger partial charge >= 0.3 is 0 Å². The molecular formula is C22H28N6O. The predicted octanol–water partition coefficient (Wildman–Crippen LogP) is 3.77. The molecule has 0 amide bonds. The van der Waals surface area contributed by atoms with Crippen molar-refractivity contribution in [1.82, 2.24) is 19.7 Å². The van der Waals surface area contributed by atoms with Crippen LogP contribution in [-0.4, -0.2) is 37.0 Å². The highest BCUT2D eigenvalue weighted by Crippen LogP contribution is 2.30. The van der Waals surface area contributed by atoms with Crippen LogP contribution in [0.3, 0.4) is 0 Å². The molecule has 2 heterocycles. The van der Waals surface area contributed by atoms with Gasteiger partial charge in [-0.05, 0) is 44.2 Å². The molecule has 4 rings (SSSR count). The Labute approximate surface area is 171 Å². The molecule has 1 atom stereocenters. The molecule has 1 aliphatic carbocycles. The van der Waals surface area contributed by atoms with E-state index in [1.54, 1.807) is 6.20 Å². The first kappa shape index (κ1) is 19.4. The summed E-state index contributed by atoms with van der Waals surface area (Å²) in [5.74, 6) is 1.54. The minimum Gasteiger partial charge on any atom is -0.393 e. The van der Waals surface area contributed by atoms with Gasteiger partial charge in [0.25, 0.3) is 0 Å². The maximum Gasteiger partial charge on any atom is 0.223 e. The highest BCUT2D eigenvalue weighted by atomic mass is 16.3. The maximum atomic E-state index is 9.70. The summed E-state index contributed by atoms with van der Waals surface area (Å²) in [5.41, 5.74) is 2.98. The number of rotatable bonds is 6. The molecule has 0 radical (unpaired) electrons. The van der Waals surface area contributed by atoms with Gasteiger partial charge < -0.3 is 15.7 Å². The average molecular weight is 393 g/mol. The zero-order chi connectivity index (χ0) is 20.2. The number of nitrogens with zero attached hydrogens (tertiary/aromatic N) is 4. The fourth-order valence-electron chi connectivity index (χ4n) is 3.81. The maximum absolute atomic E-state index is 9.70. The molecule has 1 aliphatic rings. The molecule has 3 N–H and O–H groups in total. The Hall–Kier alpha value is -2.93. The van der Waals surface area contributed by atoms with E-state index in [0.29, 0.717) is 12.0 Å². The van der Waals surface area contributed by atoms with Gasteiger partial charge in [0.2, 0.25) is 5.95 Å². The molecule has 0 unspecified atom stereocenters. The predicted molar refractivity (Wildman–Crippen MR) is 115 cm³/mol. The van der Waals surface area contributed by atoms with Crippen LogP contribution in [0.5, 0.6) is 0 Å². The number of aliphatic hydroxyl groups excluding tert-OH is 1. The summed E-state index contributed by atoms with van der Waals surface area (Å²) in [6.45, 7) is 2.14. The quantitative estimate of drug-likeness (QED) is 0.592. The van der Waals surface area contributed by atoms with Gasteiger partial charge in [-0.1, -0.05) is 30.3 Å². The van der Waals surface area contributed by atoms with Crippen LogP contribution in [-0.2, 0) is 7.05 Å². The van der Waals surface area contributed by atoms with Crippen molar-refractivity contribution in [1.29, 1.82) is 0 Å². The summed E-state index contributed by atoms with van der Waals surface area (Å²) in [4.78, 5) is 9.12. The second kappa shape index (κ2) is 8.61. The largest absolute Gasteiger partial charge is 0.393 e. The van der Waals surface area contributed by atoms with Gasteiger partial charge in [0, 0.05) is 25.3 Å². The first-order chi connectivity index (χ1) is 14.1. The molecule has 2 aromatic heterocycles. The van der Waals surface area contributed by atoms with Crippen molar-refractivity contribution >= 4 is 11.8 Å². The fraction of sp³-hybridized carbons (Fsp3) is 0.409. The Morgan fingerprint density at radius 3 is 2.62 bits per heavy atom. The molecule has 3 aromatic rings. The number of aromatic nitrogens is 4. The molecule has 1 saturated carbocycles. The lowest BCUT2D eigenvalue weighted by molar-refractivity contribution is 0.126. The second-order valence-electron chi connectivity index (χ2n) is 7.72. The minimum absolute atomic E-state index is 0.137. The first-order valence-corrected chi connectivity index (χ1v) is 10.2. The summed E-state index contributed by atoms with van der Waals surface area (Å²) in [5, 5.41) is 21.1. The molecule has 0 aliphatic heterocycles. The van der Waals surface area contributed by atoms with E-state index in [9.17, 15) is 5.11 Å². The lowest BCUT2D eigenvalue weighted by atomic mass is 9.93. The Kier molecular flexibility index (Phi) is 5.76. The number of benzene rings is 1. The highest BCUT2D eigenvalue weighted by Gasteiger charge is 2.20. The Morgan fingerprint density at radius 2 is 1.86 bits per heavy atom. The van der Waals surface area contributed by atoms with Crippen LogP contribution in [0.4, 0.5) is 11.8 Å². The molecule has 29 heavy (non-hydrogen) atoms. The van der Waals surface area contributed by atoms with Crippen molar-refractivity contribution < 1.29 is 5.11 Å². The molecule has 152 valence electrons. The SMILES string of the molecule is C[C@H](Nc1c(-c2ccnc(NC3CCC(O)CC3)n2)cnn1C)c1ccccc1. The van der Waals surface area contributed by atoms with Crippen molar-refractivity contribution in [3.05, 3.63) is 54.4 Å². The molecular weight excluding hydrogens is 364 g/mol. The highest BCUT2D eigenvalue weighted by molar-refractivity contribution is 5.73. The minimum atomic E-state index is -0.170. The molecule has 7 heteroatoms. The standard InChI is InChI=1S/C22H28N6O/c1-15(16-6-4-3-5-7-16)25-21-19(14-24-28(21)2)20-12-13-23-22(27-20)26-17-8-10-18(29)11-9-17/h3-7,12-15,17-18,25,29H,8-11H2,1-2H3,(H,23,26,27)/t15-,17?,18?/m0/s1. The summed E-state index contributed by atoms with van der Waals surface area (Å²) >= 11 is 0. The van der Waals surface area contributed by atoms with Gasteiger partial charge in [-0.15, -0.1) is 0 Å². The monoisotopic (exact) mass is 392 g/mol. The summed E-state index contributed by atoms with van der Waals surface area (Å²) in [6.07, 6.45) is 6.96. The second-order valence-corrected chi connectivity index (χ2v) is 7.72.